The van der Waals surface area contributed by atoms with Crippen molar-refractivity contribution in [2.75, 3.05) is 0 Å². The predicted molar refractivity (Wildman–Crippen MR) is 86.3 cm³/mol. The normalized spacial score (nSPS) is 11.4. The molecule has 0 aliphatic rings. The fourth-order valence-electron chi connectivity index (χ4n) is 2.76. The second kappa shape index (κ2) is 4.74. The van der Waals surface area contributed by atoms with Gasteiger partial charge in [-0.2, -0.15) is 0 Å². The first-order valence-electron chi connectivity index (χ1n) is 6.55. The lowest BCUT2D eigenvalue weighted by molar-refractivity contribution is 1.69. The Hall–Kier alpha value is -2.34. The van der Waals surface area contributed by atoms with E-state index in [9.17, 15) is 0 Å². The van der Waals surface area contributed by atoms with Crippen LogP contribution in [0.25, 0.3) is 33.7 Å². The molecule has 0 saturated heterocycles. The van der Waals surface area contributed by atoms with Crippen LogP contribution in [0.15, 0.2) is 61.2 Å². The molecule has 0 aliphatic carbocycles. The van der Waals surface area contributed by atoms with Crippen molar-refractivity contribution in [2.45, 2.75) is 6.92 Å². The zero-order chi connectivity index (χ0) is 13.2. The zero-order valence-corrected chi connectivity index (χ0v) is 11.1. The van der Waals surface area contributed by atoms with E-state index in [1.807, 2.05) is 6.08 Å². The smallest absolute Gasteiger partial charge is 0.00990 e. The molecule has 3 aromatic rings. The molecule has 92 valence electrons. The minimum absolute atomic E-state index is 1.22. The molecule has 0 amide bonds. The molecular weight excluding hydrogens is 228 g/mol. The average Bonchev–Trinajstić information content (AvgIpc) is 2.48. The summed E-state index contributed by atoms with van der Waals surface area (Å²) < 4.78 is 0. The van der Waals surface area contributed by atoms with Gasteiger partial charge in [-0.25, -0.2) is 0 Å². The Labute approximate surface area is 113 Å². The van der Waals surface area contributed by atoms with Gasteiger partial charge in [-0.1, -0.05) is 73.3 Å². The van der Waals surface area contributed by atoms with E-state index >= 15 is 0 Å². The first kappa shape index (κ1) is 11.7. The summed E-state index contributed by atoms with van der Waals surface area (Å²) in [5, 5.41) is 5.15. The largest absolute Gasteiger partial charge is 0.0984 e. The topological polar surface area (TPSA) is 0 Å². The van der Waals surface area contributed by atoms with Crippen LogP contribution in [-0.4, -0.2) is 0 Å². The van der Waals surface area contributed by atoms with Gasteiger partial charge in [0.1, 0.15) is 0 Å². The summed E-state index contributed by atoms with van der Waals surface area (Å²) in [6.45, 7) is 6.05. The SMILES string of the molecule is C=Cc1c(/C=C\C)c2ccccc2c2ccccc12. The van der Waals surface area contributed by atoms with E-state index < -0.39 is 0 Å². The number of allylic oxidation sites excluding steroid dienone is 1. The first-order valence-corrected chi connectivity index (χ1v) is 6.55. The number of rotatable bonds is 2. The lowest BCUT2D eigenvalue weighted by Crippen LogP contribution is -1.88. The first-order chi connectivity index (χ1) is 9.36. The molecule has 0 aromatic heterocycles. The summed E-state index contributed by atoms with van der Waals surface area (Å²) in [7, 11) is 0. The Morgan fingerprint density at radius 1 is 0.737 bits per heavy atom. The summed E-state index contributed by atoms with van der Waals surface area (Å²) in [5.41, 5.74) is 2.47. The van der Waals surface area contributed by atoms with Crippen LogP contribution in [0.1, 0.15) is 18.1 Å². The van der Waals surface area contributed by atoms with Gasteiger partial charge in [0.15, 0.2) is 0 Å². The zero-order valence-electron chi connectivity index (χ0n) is 11.1. The highest BCUT2D eigenvalue weighted by Gasteiger charge is 2.09. The van der Waals surface area contributed by atoms with Crippen LogP contribution < -0.4 is 0 Å². The second-order valence-corrected chi connectivity index (χ2v) is 4.62. The molecule has 0 atom stereocenters. The van der Waals surface area contributed by atoms with Gasteiger partial charge in [-0.05, 0) is 39.6 Å². The fraction of sp³-hybridized carbons (Fsp3) is 0.0526. The van der Waals surface area contributed by atoms with Gasteiger partial charge in [0.2, 0.25) is 0 Å². The van der Waals surface area contributed by atoms with E-state index in [-0.39, 0.29) is 0 Å². The van der Waals surface area contributed by atoms with Crippen LogP contribution in [-0.2, 0) is 0 Å². The van der Waals surface area contributed by atoms with Crippen LogP contribution in [0.2, 0.25) is 0 Å². The Kier molecular flexibility index (Phi) is 2.92. The monoisotopic (exact) mass is 244 g/mol. The van der Waals surface area contributed by atoms with Crippen molar-refractivity contribution in [3.05, 3.63) is 72.3 Å². The van der Waals surface area contributed by atoms with E-state index in [2.05, 4.69) is 74.2 Å². The summed E-state index contributed by atoms with van der Waals surface area (Å²) in [6.07, 6.45) is 6.22. The molecule has 19 heavy (non-hydrogen) atoms. The Morgan fingerprint density at radius 2 is 1.21 bits per heavy atom. The van der Waals surface area contributed by atoms with E-state index in [1.54, 1.807) is 0 Å². The number of fused-ring (bicyclic) bond motifs is 3. The molecule has 0 saturated carbocycles. The Morgan fingerprint density at radius 3 is 1.68 bits per heavy atom. The minimum atomic E-state index is 1.22. The van der Waals surface area contributed by atoms with Crippen LogP contribution in [0, 0.1) is 0 Å². The van der Waals surface area contributed by atoms with Crippen molar-refractivity contribution < 1.29 is 0 Å². The van der Waals surface area contributed by atoms with Crippen molar-refractivity contribution in [1.82, 2.24) is 0 Å². The lowest BCUT2D eigenvalue weighted by atomic mass is 9.91. The van der Waals surface area contributed by atoms with Crippen LogP contribution in [0.4, 0.5) is 0 Å². The van der Waals surface area contributed by atoms with Gasteiger partial charge in [0, 0.05) is 0 Å². The standard InChI is InChI=1S/C19H16/c1-3-9-15-14(4-2)16-10-5-6-12-18(16)19-13-8-7-11-17(15)19/h3-13H,2H2,1H3/b9-3-. The van der Waals surface area contributed by atoms with E-state index in [4.69, 9.17) is 0 Å². The molecule has 0 heteroatoms. The third-order valence-electron chi connectivity index (χ3n) is 3.55. The second-order valence-electron chi connectivity index (χ2n) is 4.62. The van der Waals surface area contributed by atoms with Crippen molar-refractivity contribution in [3.63, 3.8) is 0 Å². The van der Waals surface area contributed by atoms with Gasteiger partial charge in [-0.3, -0.25) is 0 Å². The van der Waals surface area contributed by atoms with E-state index in [0.29, 0.717) is 0 Å². The third-order valence-corrected chi connectivity index (χ3v) is 3.55. The maximum atomic E-state index is 4.00. The molecule has 3 rings (SSSR count). The molecule has 0 aliphatic heterocycles. The Balaban J connectivity index is 2.64. The molecule has 0 nitrogen and oxygen atoms in total. The molecule has 0 heterocycles. The number of hydrogen-bond donors (Lipinski definition) is 0. The molecular formula is C19H16. The molecule has 0 spiro atoms. The van der Waals surface area contributed by atoms with Gasteiger partial charge in [0.05, 0.1) is 0 Å². The summed E-state index contributed by atoms with van der Waals surface area (Å²) in [6, 6.07) is 17.1. The maximum Gasteiger partial charge on any atom is -0.00990 e. The van der Waals surface area contributed by atoms with Gasteiger partial charge >= 0.3 is 0 Å². The summed E-state index contributed by atoms with van der Waals surface area (Å²) in [5.74, 6) is 0. The molecule has 0 fully saturated rings. The van der Waals surface area contributed by atoms with Gasteiger partial charge < -0.3 is 0 Å². The number of benzene rings is 3. The highest BCUT2D eigenvalue weighted by atomic mass is 14.1. The highest BCUT2D eigenvalue weighted by Crippen LogP contribution is 2.34. The maximum absolute atomic E-state index is 4.00. The van der Waals surface area contributed by atoms with Crippen molar-refractivity contribution in [3.8, 4) is 0 Å². The highest BCUT2D eigenvalue weighted by molar-refractivity contribution is 6.14. The molecule has 0 radical (unpaired) electrons. The van der Waals surface area contributed by atoms with Crippen molar-refractivity contribution in [2.24, 2.45) is 0 Å². The number of hydrogen-bond acceptors (Lipinski definition) is 0. The van der Waals surface area contributed by atoms with Crippen LogP contribution in [0.5, 0.6) is 0 Å². The third kappa shape index (κ3) is 1.77. The fourth-order valence-corrected chi connectivity index (χ4v) is 2.76. The average molecular weight is 244 g/mol. The molecule has 0 N–H and O–H groups in total. The van der Waals surface area contributed by atoms with Crippen LogP contribution in [0.3, 0.4) is 0 Å². The van der Waals surface area contributed by atoms with Gasteiger partial charge in [0.25, 0.3) is 0 Å². The van der Waals surface area contributed by atoms with Crippen molar-refractivity contribution in [1.29, 1.82) is 0 Å². The molecule has 0 bridgehead atoms. The molecule has 3 aromatic carbocycles. The molecule has 0 unspecified atom stereocenters. The van der Waals surface area contributed by atoms with E-state index in [1.165, 1.54) is 32.7 Å². The quantitative estimate of drug-likeness (QED) is 0.509. The van der Waals surface area contributed by atoms with Crippen LogP contribution >= 0.6 is 0 Å². The summed E-state index contributed by atoms with van der Waals surface area (Å²) >= 11 is 0. The Bertz CT molecular complexity index is 792. The lowest BCUT2D eigenvalue weighted by Gasteiger charge is -2.12. The predicted octanol–water partition coefficient (Wildman–Crippen LogP) is 5.67. The minimum Gasteiger partial charge on any atom is -0.0984 e. The van der Waals surface area contributed by atoms with Crippen molar-refractivity contribution >= 4 is 33.7 Å². The summed E-state index contributed by atoms with van der Waals surface area (Å²) in [4.78, 5) is 0. The van der Waals surface area contributed by atoms with E-state index in [0.717, 1.165) is 0 Å². The van der Waals surface area contributed by atoms with Gasteiger partial charge in [-0.15, -0.1) is 0 Å².